The van der Waals surface area contributed by atoms with Crippen molar-refractivity contribution in [3.05, 3.63) is 35.9 Å². The average Bonchev–Trinajstić information content (AvgIpc) is 3.01. The number of likely N-dealkylation sites (tertiary alicyclic amines) is 1. The highest BCUT2D eigenvalue weighted by Gasteiger charge is 2.39. The molecule has 1 heterocycles. The van der Waals surface area contributed by atoms with Gasteiger partial charge < -0.3 is 14.8 Å². The summed E-state index contributed by atoms with van der Waals surface area (Å²) in [5.74, 6) is -1.41. The van der Waals surface area contributed by atoms with Crippen LogP contribution in [0.4, 0.5) is 4.79 Å². The Bertz CT molecular complexity index is 646. The zero-order chi connectivity index (χ0) is 18.2. The van der Waals surface area contributed by atoms with Gasteiger partial charge in [0.1, 0.15) is 19.2 Å². The molecule has 1 unspecified atom stereocenters. The SMILES string of the molecule is CCOC(=O)CNC(=O)C1CC(=O)CN1C(=O)OCc1ccccc1. The Balaban J connectivity index is 1.91. The third-order valence-corrected chi connectivity index (χ3v) is 3.60. The Morgan fingerprint density at radius 3 is 2.60 bits per heavy atom. The Morgan fingerprint density at radius 2 is 1.92 bits per heavy atom. The van der Waals surface area contributed by atoms with Crippen LogP contribution in [0.5, 0.6) is 0 Å². The summed E-state index contributed by atoms with van der Waals surface area (Å²) in [6.07, 6.45) is -0.847. The lowest BCUT2D eigenvalue weighted by Gasteiger charge is -2.22. The standard InChI is InChI=1S/C17H20N2O6/c1-2-24-15(21)9-18-16(22)14-8-13(20)10-19(14)17(23)25-11-12-6-4-3-5-7-12/h3-7,14H,2,8-11H2,1H3,(H,18,22). The van der Waals surface area contributed by atoms with Crippen molar-refractivity contribution < 1.29 is 28.7 Å². The summed E-state index contributed by atoms with van der Waals surface area (Å²) in [6, 6.07) is 8.08. The summed E-state index contributed by atoms with van der Waals surface area (Å²) >= 11 is 0. The van der Waals surface area contributed by atoms with E-state index in [4.69, 9.17) is 9.47 Å². The van der Waals surface area contributed by atoms with E-state index in [1.54, 1.807) is 19.1 Å². The molecule has 8 nitrogen and oxygen atoms in total. The molecule has 1 saturated heterocycles. The van der Waals surface area contributed by atoms with Crippen molar-refractivity contribution >= 4 is 23.8 Å². The molecule has 1 fully saturated rings. The fourth-order valence-electron chi connectivity index (χ4n) is 2.41. The van der Waals surface area contributed by atoms with Gasteiger partial charge in [-0.1, -0.05) is 30.3 Å². The predicted molar refractivity (Wildman–Crippen MR) is 86.4 cm³/mol. The summed E-state index contributed by atoms with van der Waals surface area (Å²) in [5.41, 5.74) is 0.796. The summed E-state index contributed by atoms with van der Waals surface area (Å²) in [5, 5.41) is 2.37. The van der Waals surface area contributed by atoms with Gasteiger partial charge in [-0.15, -0.1) is 0 Å². The van der Waals surface area contributed by atoms with Crippen molar-refractivity contribution in [3.63, 3.8) is 0 Å². The van der Waals surface area contributed by atoms with Gasteiger partial charge in [-0.2, -0.15) is 0 Å². The van der Waals surface area contributed by atoms with Gasteiger partial charge in [0.2, 0.25) is 5.91 Å². The van der Waals surface area contributed by atoms with E-state index < -0.39 is 24.0 Å². The third kappa shape index (κ3) is 5.30. The second-order valence-electron chi connectivity index (χ2n) is 5.45. The normalized spacial score (nSPS) is 16.4. The lowest BCUT2D eigenvalue weighted by atomic mass is 10.2. The monoisotopic (exact) mass is 348 g/mol. The second-order valence-corrected chi connectivity index (χ2v) is 5.45. The van der Waals surface area contributed by atoms with Crippen LogP contribution < -0.4 is 5.32 Å². The minimum absolute atomic E-state index is 0.0432. The lowest BCUT2D eigenvalue weighted by molar-refractivity contribution is -0.143. The molecule has 8 heteroatoms. The van der Waals surface area contributed by atoms with Crippen molar-refractivity contribution in [2.45, 2.75) is 26.0 Å². The first-order valence-corrected chi connectivity index (χ1v) is 7.93. The Hall–Kier alpha value is -2.90. The van der Waals surface area contributed by atoms with Crippen molar-refractivity contribution in [1.82, 2.24) is 10.2 Å². The number of amides is 2. The number of nitrogens with one attached hydrogen (secondary N) is 1. The van der Waals surface area contributed by atoms with Crippen molar-refractivity contribution in [2.75, 3.05) is 19.7 Å². The third-order valence-electron chi connectivity index (χ3n) is 3.60. The maximum atomic E-state index is 12.2. The van der Waals surface area contributed by atoms with E-state index in [0.29, 0.717) is 0 Å². The van der Waals surface area contributed by atoms with Crippen molar-refractivity contribution in [2.24, 2.45) is 0 Å². The van der Waals surface area contributed by atoms with Crippen LogP contribution in [-0.2, 0) is 30.5 Å². The number of carbonyl (C=O) groups excluding carboxylic acids is 4. The van der Waals surface area contributed by atoms with E-state index in [1.807, 2.05) is 18.2 Å². The first kappa shape index (κ1) is 18.4. The molecule has 1 aromatic carbocycles. The highest BCUT2D eigenvalue weighted by Crippen LogP contribution is 2.17. The molecule has 2 rings (SSSR count). The number of Topliss-reactive ketones (excluding diaryl/α,β-unsaturated/α-hetero) is 1. The highest BCUT2D eigenvalue weighted by molar-refractivity contribution is 5.98. The number of nitrogens with zero attached hydrogens (tertiary/aromatic N) is 1. The van der Waals surface area contributed by atoms with Gasteiger partial charge in [0.05, 0.1) is 13.2 Å². The van der Waals surface area contributed by atoms with E-state index in [1.165, 1.54) is 0 Å². The molecule has 0 saturated carbocycles. The minimum atomic E-state index is -0.981. The molecule has 1 N–H and O–H groups in total. The Labute approximate surface area is 145 Å². The molecule has 0 aromatic heterocycles. The smallest absolute Gasteiger partial charge is 0.411 e. The zero-order valence-corrected chi connectivity index (χ0v) is 13.9. The average molecular weight is 348 g/mol. The molecule has 1 aliphatic heterocycles. The van der Waals surface area contributed by atoms with Gasteiger partial charge >= 0.3 is 12.1 Å². The molecule has 1 aliphatic rings. The van der Waals surface area contributed by atoms with Crippen LogP contribution in [0.15, 0.2) is 30.3 Å². The molecule has 1 aromatic rings. The van der Waals surface area contributed by atoms with Crippen LogP contribution in [0.25, 0.3) is 0 Å². The lowest BCUT2D eigenvalue weighted by Crippen LogP contribution is -2.47. The van der Waals surface area contributed by atoms with Gasteiger partial charge in [0, 0.05) is 6.42 Å². The molecule has 0 spiro atoms. The highest BCUT2D eigenvalue weighted by atomic mass is 16.6. The van der Waals surface area contributed by atoms with Crippen molar-refractivity contribution in [3.8, 4) is 0 Å². The van der Waals surface area contributed by atoms with Crippen LogP contribution in [-0.4, -0.2) is 54.4 Å². The Morgan fingerprint density at radius 1 is 1.20 bits per heavy atom. The number of ketones is 1. The summed E-state index contributed by atoms with van der Waals surface area (Å²) in [4.78, 5) is 48.4. The van der Waals surface area contributed by atoms with Crippen molar-refractivity contribution in [1.29, 1.82) is 0 Å². The number of hydrogen-bond acceptors (Lipinski definition) is 6. The van der Waals surface area contributed by atoms with Gasteiger partial charge in [0.25, 0.3) is 0 Å². The van der Waals surface area contributed by atoms with Gasteiger partial charge in [-0.3, -0.25) is 19.3 Å². The zero-order valence-electron chi connectivity index (χ0n) is 13.9. The number of carbonyl (C=O) groups is 4. The van der Waals surface area contributed by atoms with Crippen LogP contribution in [0, 0.1) is 0 Å². The predicted octanol–water partition coefficient (Wildman–Crippen LogP) is 0.646. The summed E-state index contributed by atoms with van der Waals surface area (Å²) in [6.45, 7) is 1.39. The minimum Gasteiger partial charge on any atom is -0.465 e. The molecule has 1 atom stereocenters. The van der Waals surface area contributed by atoms with E-state index in [0.717, 1.165) is 10.5 Å². The first-order chi connectivity index (χ1) is 12.0. The Kier molecular flexibility index (Phi) is 6.50. The number of esters is 1. The second kappa shape index (κ2) is 8.81. The molecule has 2 amide bonds. The fourth-order valence-corrected chi connectivity index (χ4v) is 2.41. The molecule has 134 valence electrons. The molecule has 0 aliphatic carbocycles. The number of hydrogen-bond donors (Lipinski definition) is 1. The van der Waals surface area contributed by atoms with E-state index in [-0.39, 0.29) is 38.5 Å². The largest absolute Gasteiger partial charge is 0.465 e. The number of rotatable bonds is 6. The number of benzene rings is 1. The van der Waals surface area contributed by atoms with E-state index >= 15 is 0 Å². The first-order valence-electron chi connectivity index (χ1n) is 7.93. The maximum Gasteiger partial charge on any atom is 0.411 e. The maximum absolute atomic E-state index is 12.2. The number of ether oxygens (including phenoxy) is 2. The molecule has 25 heavy (non-hydrogen) atoms. The van der Waals surface area contributed by atoms with Crippen LogP contribution in [0.1, 0.15) is 18.9 Å². The van der Waals surface area contributed by atoms with Gasteiger partial charge in [-0.25, -0.2) is 4.79 Å². The van der Waals surface area contributed by atoms with Crippen LogP contribution in [0.3, 0.4) is 0 Å². The quantitative estimate of drug-likeness (QED) is 0.757. The van der Waals surface area contributed by atoms with Gasteiger partial charge in [0.15, 0.2) is 5.78 Å². The van der Waals surface area contributed by atoms with Gasteiger partial charge in [-0.05, 0) is 12.5 Å². The molecular formula is C17H20N2O6. The van der Waals surface area contributed by atoms with Crippen LogP contribution in [0.2, 0.25) is 0 Å². The van der Waals surface area contributed by atoms with E-state index in [9.17, 15) is 19.2 Å². The molecule has 0 radical (unpaired) electrons. The van der Waals surface area contributed by atoms with Crippen LogP contribution >= 0.6 is 0 Å². The van der Waals surface area contributed by atoms with E-state index in [2.05, 4.69) is 5.32 Å². The molecular weight excluding hydrogens is 328 g/mol. The fraction of sp³-hybridized carbons (Fsp3) is 0.412. The summed E-state index contributed by atoms with van der Waals surface area (Å²) in [7, 11) is 0. The summed E-state index contributed by atoms with van der Waals surface area (Å²) < 4.78 is 9.88. The molecule has 0 bridgehead atoms. The topological polar surface area (TPSA) is 102 Å².